The van der Waals surface area contributed by atoms with Gasteiger partial charge in [-0.25, -0.2) is 0 Å². The average molecular weight is 440 g/mol. The molecule has 4 rings (SSSR count). The van der Waals surface area contributed by atoms with Crippen molar-refractivity contribution < 1.29 is 22.7 Å². The maximum atomic E-state index is 13.2. The lowest BCUT2D eigenvalue weighted by molar-refractivity contribution is -0.138. The third-order valence-corrected chi connectivity index (χ3v) is 5.61. The number of alkyl halides is 3. The molecule has 0 spiro atoms. The first-order valence-corrected chi connectivity index (χ1v) is 9.52. The average Bonchev–Trinajstić information content (AvgIpc) is 3.42. The molecule has 1 amide bonds. The van der Waals surface area contributed by atoms with Crippen LogP contribution in [0.2, 0.25) is 0 Å². The summed E-state index contributed by atoms with van der Waals surface area (Å²) in [5, 5.41) is 3.00. The van der Waals surface area contributed by atoms with Gasteiger partial charge in [-0.3, -0.25) is 4.79 Å². The van der Waals surface area contributed by atoms with Crippen molar-refractivity contribution in [2.45, 2.75) is 31.0 Å². The van der Waals surface area contributed by atoms with Crippen LogP contribution in [0.1, 0.15) is 41.5 Å². The molecule has 3 unspecified atom stereocenters. The van der Waals surface area contributed by atoms with Crippen molar-refractivity contribution in [3.63, 3.8) is 0 Å². The molecule has 0 saturated heterocycles. The lowest BCUT2D eigenvalue weighted by Gasteiger charge is -2.27. The number of benzene rings is 2. The zero-order valence-corrected chi connectivity index (χ0v) is 15.8. The van der Waals surface area contributed by atoms with Gasteiger partial charge in [0, 0.05) is 22.4 Å². The largest absolute Gasteiger partial charge is 0.493 e. The van der Waals surface area contributed by atoms with Crippen LogP contribution in [-0.2, 0) is 11.0 Å². The topological polar surface area (TPSA) is 38.3 Å². The molecule has 0 aromatic heterocycles. The summed E-state index contributed by atoms with van der Waals surface area (Å²) in [5.74, 6) is -0.282. The number of hydrogen-bond acceptors (Lipinski definition) is 2. The third kappa shape index (κ3) is 3.70. The number of carbonyl (C=O) groups excluding carboxylic acids is 1. The zero-order chi connectivity index (χ0) is 19.2. The molecule has 2 aromatic rings. The third-order valence-electron chi connectivity index (χ3n) is 5.12. The van der Waals surface area contributed by atoms with Gasteiger partial charge in [0.15, 0.2) is 0 Å². The van der Waals surface area contributed by atoms with Crippen molar-refractivity contribution in [3.05, 3.63) is 63.6 Å². The second kappa shape index (κ2) is 6.86. The molecule has 2 aromatic carbocycles. The Labute approximate surface area is 163 Å². The van der Waals surface area contributed by atoms with Crippen LogP contribution in [0.25, 0.3) is 0 Å². The zero-order valence-electron chi connectivity index (χ0n) is 14.2. The molecule has 27 heavy (non-hydrogen) atoms. The van der Waals surface area contributed by atoms with E-state index in [9.17, 15) is 18.0 Å². The molecule has 1 fully saturated rings. The Morgan fingerprint density at radius 1 is 1.15 bits per heavy atom. The van der Waals surface area contributed by atoms with Gasteiger partial charge in [0.2, 0.25) is 5.91 Å². The minimum absolute atomic E-state index is 0.196. The molecule has 0 bridgehead atoms. The van der Waals surface area contributed by atoms with Crippen LogP contribution in [-0.4, -0.2) is 12.5 Å². The molecular weight excluding hydrogens is 423 g/mol. The fraction of sp³-hybridized carbons (Fsp3) is 0.350. The summed E-state index contributed by atoms with van der Waals surface area (Å²) in [7, 11) is 0. The number of carbonyl (C=O) groups is 1. The Bertz CT molecular complexity index is 884. The first-order valence-electron chi connectivity index (χ1n) is 8.73. The lowest BCUT2D eigenvalue weighted by Crippen LogP contribution is -2.33. The SMILES string of the molecule is O=C(NC1CCOc2ccc(Br)cc21)C1CC1c1ccccc1C(F)(F)F. The molecule has 1 heterocycles. The van der Waals surface area contributed by atoms with Crippen LogP contribution in [0.3, 0.4) is 0 Å². The summed E-state index contributed by atoms with van der Waals surface area (Å²) in [6, 6.07) is 10.9. The molecule has 1 aliphatic carbocycles. The number of fused-ring (bicyclic) bond motifs is 1. The number of halogens is 4. The standard InChI is InChI=1S/C20H17BrF3NO2/c21-11-5-6-18-15(9-11)17(7-8-27-18)25-19(26)14-10-13(14)12-3-1-2-4-16(12)20(22,23)24/h1-6,9,13-14,17H,7-8,10H2,(H,25,26). The van der Waals surface area contributed by atoms with E-state index in [0.717, 1.165) is 21.9 Å². The van der Waals surface area contributed by atoms with Gasteiger partial charge in [0.1, 0.15) is 5.75 Å². The molecule has 7 heteroatoms. The van der Waals surface area contributed by atoms with Gasteiger partial charge < -0.3 is 10.1 Å². The number of ether oxygens (including phenoxy) is 1. The number of hydrogen-bond donors (Lipinski definition) is 1. The Kier molecular flexibility index (Phi) is 4.66. The summed E-state index contributed by atoms with van der Waals surface area (Å²) >= 11 is 3.42. The summed E-state index contributed by atoms with van der Waals surface area (Å²) in [6.45, 7) is 0.491. The van der Waals surface area contributed by atoms with Crippen molar-refractivity contribution in [1.29, 1.82) is 0 Å². The Hall–Kier alpha value is -2.02. The predicted molar refractivity (Wildman–Crippen MR) is 97.4 cm³/mol. The highest BCUT2D eigenvalue weighted by molar-refractivity contribution is 9.10. The van der Waals surface area contributed by atoms with Crippen molar-refractivity contribution in [2.24, 2.45) is 5.92 Å². The first-order chi connectivity index (χ1) is 12.8. The van der Waals surface area contributed by atoms with E-state index in [1.165, 1.54) is 12.1 Å². The van der Waals surface area contributed by atoms with Crippen LogP contribution in [0.4, 0.5) is 13.2 Å². The Balaban J connectivity index is 1.49. The number of amides is 1. The van der Waals surface area contributed by atoms with Gasteiger partial charge in [-0.2, -0.15) is 13.2 Å². The summed E-state index contributed by atoms with van der Waals surface area (Å²) < 4.78 is 46.2. The summed E-state index contributed by atoms with van der Waals surface area (Å²) in [5.41, 5.74) is 0.447. The fourth-order valence-corrected chi connectivity index (χ4v) is 4.08. The lowest BCUT2D eigenvalue weighted by atomic mass is 9.99. The van der Waals surface area contributed by atoms with Crippen molar-refractivity contribution >= 4 is 21.8 Å². The molecule has 1 N–H and O–H groups in total. The van der Waals surface area contributed by atoms with Gasteiger partial charge in [-0.1, -0.05) is 34.1 Å². The van der Waals surface area contributed by atoms with Crippen molar-refractivity contribution in [1.82, 2.24) is 5.32 Å². The minimum Gasteiger partial charge on any atom is -0.493 e. The van der Waals surface area contributed by atoms with E-state index in [1.54, 1.807) is 6.07 Å². The van der Waals surface area contributed by atoms with Gasteiger partial charge in [0.25, 0.3) is 0 Å². The minimum atomic E-state index is -4.41. The molecular formula is C20H17BrF3NO2. The Morgan fingerprint density at radius 3 is 2.70 bits per heavy atom. The highest BCUT2D eigenvalue weighted by Crippen LogP contribution is 2.51. The van der Waals surface area contributed by atoms with E-state index in [4.69, 9.17) is 4.74 Å². The molecule has 3 nitrogen and oxygen atoms in total. The van der Waals surface area contributed by atoms with Crippen LogP contribution < -0.4 is 10.1 Å². The second-order valence-electron chi connectivity index (χ2n) is 6.91. The quantitative estimate of drug-likeness (QED) is 0.712. The molecule has 1 saturated carbocycles. The smallest absolute Gasteiger partial charge is 0.416 e. The normalized spacial score (nSPS) is 23.9. The van der Waals surface area contributed by atoms with Gasteiger partial charge >= 0.3 is 6.18 Å². The van der Waals surface area contributed by atoms with Gasteiger partial charge in [-0.05, 0) is 42.2 Å². The van der Waals surface area contributed by atoms with Crippen LogP contribution >= 0.6 is 15.9 Å². The van der Waals surface area contributed by atoms with E-state index in [1.807, 2.05) is 18.2 Å². The number of nitrogens with one attached hydrogen (secondary N) is 1. The predicted octanol–water partition coefficient (Wildman–Crippen LogP) is 5.21. The highest BCUT2D eigenvalue weighted by atomic mass is 79.9. The molecule has 1 aliphatic heterocycles. The molecule has 0 radical (unpaired) electrons. The summed E-state index contributed by atoms with van der Waals surface area (Å²) in [6.07, 6.45) is -3.34. The van der Waals surface area contributed by atoms with E-state index in [0.29, 0.717) is 19.4 Å². The molecule has 142 valence electrons. The van der Waals surface area contributed by atoms with Crippen LogP contribution in [0.15, 0.2) is 46.9 Å². The van der Waals surface area contributed by atoms with Crippen LogP contribution in [0, 0.1) is 5.92 Å². The van der Waals surface area contributed by atoms with E-state index >= 15 is 0 Å². The van der Waals surface area contributed by atoms with Gasteiger partial charge in [0.05, 0.1) is 18.2 Å². The second-order valence-corrected chi connectivity index (χ2v) is 7.83. The maximum Gasteiger partial charge on any atom is 0.416 e. The fourth-order valence-electron chi connectivity index (χ4n) is 3.70. The van der Waals surface area contributed by atoms with E-state index in [2.05, 4.69) is 21.2 Å². The van der Waals surface area contributed by atoms with Crippen molar-refractivity contribution in [2.75, 3.05) is 6.61 Å². The molecule has 2 aliphatic rings. The molecule has 3 atom stereocenters. The van der Waals surface area contributed by atoms with Crippen LogP contribution in [0.5, 0.6) is 5.75 Å². The van der Waals surface area contributed by atoms with Gasteiger partial charge in [-0.15, -0.1) is 0 Å². The Morgan fingerprint density at radius 2 is 1.93 bits per heavy atom. The first kappa shape index (κ1) is 18.3. The van der Waals surface area contributed by atoms with E-state index in [-0.39, 0.29) is 23.4 Å². The monoisotopic (exact) mass is 439 g/mol. The maximum absolute atomic E-state index is 13.2. The van der Waals surface area contributed by atoms with Crippen molar-refractivity contribution in [3.8, 4) is 5.75 Å². The highest BCUT2D eigenvalue weighted by Gasteiger charge is 2.48. The number of rotatable bonds is 3. The summed E-state index contributed by atoms with van der Waals surface area (Å²) in [4.78, 5) is 12.7. The van der Waals surface area contributed by atoms with E-state index < -0.39 is 17.7 Å².